The molecule has 0 aliphatic heterocycles. The summed E-state index contributed by atoms with van der Waals surface area (Å²) in [7, 11) is -4.31. The lowest BCUT2D eigenvalue weighted by Crippen LogP contribution is -2.34. The molecule has 0 saturated heterocycles. The van der Waals surface area contributed by atoms with Crippen molar-refractivity contribution in [2.24, 2.45) is 11.7 Å². The van der Waals surface area contributed by atoms with E-state index in [0.717, 1.165) is 25.7 Å². The van der Waals surface area contributed by atoms with Crippen LogP contribution in [0.4, 0.5) is 0 Å². The largest absolute Gasteiger partial charge is 0.330 e. The molecule has 0 bridgehead atoms. The van der Waals surface area contributed by atoms with Gasteiger partial charge < -0.3 is 5.73 Å². The van der Waals surface area contributed by atoms with E-state index in [-0.39, 0.29) is 10.1 Å². The number of hydrogen-bond donors (Lipinski definition) is 1. The van der Waals surface area contributed by atoms with Crippen molar-refractivity contribution in [2.75, 3.05) is 12.8 Å². The topological polar surface area (TPSA) is 77.2 Å². The molecule has 1 aliphatic carbocycles. The highest BCUT2D eigenvalue weighted by Gasteiger charge is 2.29. The van der Waals surface area contributed by atoms with Gasteiger partial charge >= 0.3 is 0 Å². The van der Waals surface area contributed by atoms with Crippen molar-refractivity contribution in [2.45, 2.75) is 40.7 Å². The number of benzene rings is 1. The van der Waals surface area contributed by atoms with E-state index in [2.05, 4.69) is 0 Å². The van der Waals surface area contributed by atoms with E-state index in [1.54, 1.807) is 12.1 Å². The van der Waals surface area contributed by atoms with Gasteiger partial charge in [-0.1, -0.05) is 12.8 Å². The zero-order valence-corrected chi connectivity index (χ0v) is 13.3. The van der Waals surface area contributed by atoms with Crippen LogP contribution in [0, 0.1) is 5.92 Å². The van der Waals surface area contributed by atoms with E-state index in [1.165, 1.54) is 18.4 Å². The molecule has 0 radical (unpaired) electrons. The fourth-order valence-corrected chi connectivity index (χ4v) is 5.08. The number of hydrogen-bond acceptors (Lipinski definition) is 4. The Labute approximate surface area is 123 Å². The third-order valence-electron chi connectivity index (χ3n) is 3.90. The minimum absolute atomic E-state index is 0.0952. The third kappa shape index (κ3) is 3.48. The van der Waals surface area contributed by atoms with Crippen LogP contribution in [-0.2, 0) is 20.6 Å². The molecule has 1 aliphatic rings. The Bertz CT molecular complexity index is 581. The molecule has 1 aromatic rings. The number of sulfone groups is 1. The van der Waals surface area contributed by atoms with Crippen LogP contribution >= 0.6 is 0 Å². The fourth-order valence-electron chi connectivity index (χ4n) is 2.72. The molecule has 0 heterocycles. The normalized spacial score (nSPS) is 25.3. The Kier molecular flexibility index (Phi) is 4.99. The molecule has 112 valence electrons. The Hall–Kier alpha value is -0.720. The van der Waals surface area contributed by atoms with Gasteiger partial charge in [-0.05, 0) is 49.6 Å². The summed E-state index contributed by atoms with van der Waals surface area (Å²) >= 11 is 0. The van der Waals surface area contributed by atoms with Crippen LogP contribution in [0.2, 0.25) is 0 Å². The van der Waals surface area contributed by atoms with E-state index < -0.39 is 20.6 Å². The number of rotatable bonds is 4. The SMILES string of the molecule is CS(=O)(=O)c1ccc(S(=O)C2CCCCC2CN)cc1. The second-order valence-electron chi connectivity index (χ2n) is 5.36. The minimum Gasteiger partial charge on any atom is -0.330 e. The Morgan fingerprint density at radius 3 is 2.35 bits per heavy atom. The van der Waals surface area contributed by atoms with Crippen molar-refractivity contribution in [1.29, 1.82) is 0 Å². The van der Waals surface area contributed by atoms with Gasteiger partial charge in [0, 0.05) is 16.4 Å². The molecule has 0 amide bonds. The molecule has 6 heteroatoms. The summed E-state index contributed by atoms with van der Waals surface area (Å²) in [5.74, 6) is 0.305. The van der Waals surface area contributed by atoms with Crippen LogP contribution in [0.3, 0.4) is 0 Å². The molecule has 1 fully saturated rings. The molecule has 0 aromatic heterocycles. The van der Waals surface area contributed by atoms with Gasteiger partial charge in [-0.2, -0.15) is 0 Å². The first-order chi connectivity index (χ1) is 9.43. The molecular weight excluding hydrogens is 294 g/mol. The second-order valence-corrected chi connectivity index (χ2v) is 9.05. The van der Waals surface area contributed by atoms with E-state index in [9.17, 15) is 12.6 Å². The average Bonchev–Trinajstić information content (AvgIpc) is 2.45. The number of nitrogens with two attached hydrogens (primary N) is 1. The monoisotopic (exact) mass is 315 g/mol. The highest BCUT2D eigenvalue weighted by Crippen LogP contribution is 2.30. The minimum atomic E-state index is -3.20. The predicted molar refractivity (Wildman–Crippen MR) is 80.8 cm³/mol. The van der Waals surface area contributed by atoms with E-state index in [1.807, 2.05) is 0 Å². The summed E-state index contributed by atoms with van der Waals surface area (Å²) in [6.07, 6.45) is 5.39. The highest BCUT2D eigenvalue weighted by atomic mass is 32.2. The molecule has 1 saturated carbocycles. The van der Waals surface area contributed by atoms with Crippen LogP contribution in [0.25, 0.3) is 0 Å². The molecule has 20 heavy (non-hydrogen) atoms. The Morgan fingerprint density at radius 2 is 1.80 bits per heavy atom. The van der Waals surface area contributed by atoms with Crippen LogP contribution in [-0.4, -0.2) is 30.7 Å². The molecular formula is C14H21NO3S2. The van der Waals surface area contributed by atoms with E-state index in [0.29, 0.717) is 17.4 Å². The van der Waals surface area contributed by atoms with Gasteiger partial charge in [0.05, 0.1) is 15.7 Å². The van der Waals surface area contributed by atoms with Gasteiger partial charge in [0.25, 0.3) is 0 Å². The van der Waals surface area contributed by atoms with Crippen molar-refractivity contribution >= 4 is 20.6 Å². The van der Waals surface area contributed by atoms with Gasteiger partial charge in [0.1, 0.15) is 0 Å². The van der Waals surface area contributed by atoms with Gasteiger partial charge in [0.15, 0.2) is 9.84 Å². The van der Waals surface area contributed by atoms with Gasteiger partial charge in [-0.25, -0.2) is 8.42 Å². The van der Waals surface area contributed by atoms with Gasteiger partial charge in [0.2, 0.25) is 0 Å². The Morgan fingerprint density at radius 1 is 1.20 bits per heavy atom. The Balaban J connectivity index is 2.20. The maximum Gasteiger partial charge on any atom is 0.175 e. The summed E-state index contributed by atoms with van der Waals surface area (Å²) in [5, 5.41) is 0.0952. The van der Waals surface area contributed by atoms with E-state index in [4.69, 9.17) is 5.73 Å². The summed E-state index contributed by atoms with van der Waals surface area (Å²) in [6.45, 7) is 0.567. The lowest BCUT2D eigenvalue weighted by atomic mass is 9.89. The standard InChI is InChI=1S/C14H21NO3S2/c1-20(17,18)13-8-6-12(7-9-13)19(16)14-5-3-2-4-11(14)10-15/h6-9,11,14H,2-5,10,15H2,1H3. The van der Waals surface area contributed by atoms with Gasteiger partial charge in [-0.3, -0.25) is 4.21 Å². The van der Waals surface area contributed by atoms with Crippen molar-refractivity contribution in [1.82, 2.24) is 0 Å². The van der Waals surface area contributed by atoms with Crippen molar-refractivity contribution in [3.8, 4) is 0 Å². The molecule has 3 atom stereocenters. The van der Waals surface area contributed by atoms with Gasteiger partial charge in [-0.15, -0.1) is 0 Å². The van der Waals surface area contributed by atoms with Crippen molar-refractivity contribution in [3.63, 3.8) is 0 Å². The first-order valence-corrected chi connectivity index (χ1v) is 9.94. The van der Waals surface area contributed by atoms with Crippen LogP contribution in [0.1, 0.15) is 25.7 Å². The average molecular weight is 315 g/mol. The van der Waals surface area contributed by atoms with Crippen LogP contribution in [0.5, 0.6) is 0 Å². The maximum absolute atomic E-state index is 12.6. The third-order valence-corrected chi connectivity index (χ3v) is 6.94. The summed E-state index contributed by atoms with van der Waals surface area (Å²) in [6, 6.07) is 6.38. The predicted octanol–water partition coefficient (Wildman–Crippen LogP) is 1.72. The summed E-state index contributed by atoms with van der Waals surface area (Å²) < 4.78 is 35.5. The molecule has 2 N–H and O–H groups in total. The first-order valence-electron chi connectivity index (χ1n) is 6.84. The van der Waals surface area contributed by atoms with E-state index >= 15 is 0 Å². The lowest BCUT2D eigenvalue weighted by molar-refractivity contribution is 0.372. The van der Waals surface area contributed by atoms with Crippen molar-refractivity contribution < 1.29 is 12.6 Å². The molecule has 0 spiro atoms. The smallest absolute Gasteiger partial charge is 0.175 e. The first kappa shape index (κ1) is 15.7. The summed E-state index contributed by atoms with van der Waals surface area (Å²) in [4.78, 5) is 0.958. The second kappa shape index (κ2) is 6.37. The zero-order chi connectivity index (χ0) is 14.8. The molecule has 2 rings (SSSR count). The molecule has 1 aromatic carbocycles. The summed E-state index contributed by atoms with van der Waals surface area (Å²) in [5.41, 5.74) is 5.78. The lowest BCUT2D eigenvalue weighted by Gasteiger charge is -2.29. The van der Waals surface area contributed by atoms with Crippen molar-refractivity contribution in [3.05, 3.63) is 24.3 Å². The van der Waals surface area contributed by atoms with Crippen LogP contribution in [0.15, 0.2) is 34.1 Å². The quantitative estimate of drug-likeness (QED) is 0.917. The van der Waals surface area contributed by atoms with Crippen LogP contribution < -0.4 is 5.73 Å². The fraction of sp³-hybridized carbons (Fsp3) is 0.571. The molecule has 4 nitrogen and oxygen atoms in total. The molecule has 3 unspecified atom stereocenters. The maximum atomic E-state index is 12.6. The zero-order valence-electron chi connectivity index (χ0n) is 11.6. The highest BCUT2D eigenvalue weighted by molar-refractivity contribution is 7.90.